The molecular weight excluding hydrogens is 206 g/mol. The maximum Gasteiger partial charge on any atom is 0.00953 e. The summed E-state index contributed by atoms with van der Waals surface area (Å²) in [5.74, 6) is 3.77. The molecule has 2 rings (SSSR count). The second-order valence-corrected chi connectivity index (χ2v) is 7.05. The largest absolute Gasteiger partial charge is 0.313 e. The molecule has 0 radical (unpaired) electrons. The average Bonchev–Trinajstić information content (AvgIpc) is 2.30. The Morgan fingerprint density at radius 2 is 1.65 bits per heavy atom. The molecule has 0 aliphatic heterocycles. The molecule has 0 amide bonds. The molecule has 2 saturated carbocycles. The molecule has 0 spiro atoms. The van der Waals surface area contributed by atoms with Gasteiger partial charge in [-0.05, 0) is 55.9 Å². The second-order valence-electron chi connectivity index (χ2n) is 7.05. The molecule has 1 heteroatoms. The smallest absolute Gasteiger partial charge is 0.00953 e. The van der Waals surface area contributed by atoms with Crippen molar-refractivity contribution in [3.8, 4) is 0 Å². The summed E-state index contributed by atoms with van der Waals surface area (Å²) in [6.45, 7) is 8.57. The predicted molar refractivity (Wildman–Crippen MR) is 75.1 cm³/mol. The van der Waals surface area contributed by atoms with E-state index in [-0.39, 0.29) is 0 Å². The Hall–Kier alpha value is -0.0400. The summed E-state index contributed by atoms with van der Waals surface area (Å²) in [5.41, 5.74) is 0. The third-order valence-corrected chi connectivity index (χ3v) is 5.17. The highest BCUT2D eigenvalue weighted by Gasteiger charge is 2.26. The van der Waals surface area contributed by atoms with Crippen molar-refractivity contribution >= 4 is 0 Å². The molecule has 0 saturated heterocycles. The first kappa shape index (κ1) is 13.4. The van der Waals surface area contributed by atoms with Gasteiger partial charge in [0.05, 0.1) is 0 Å². The van der Waals surface area contributed by atoms with Crippen LogP contribution in [0.25, 0.3) is 0 Å². The van der Waals surface area contributed by atoms with Gasteiger partial charge in [0.15, 0.2) is 0 Å². The van der Waals surface area contributed by atoms with Crippen molar-refractivity contribution in [2.75, 3.05) is 6.54 Å². The summed E-state index contributed by atoms with van der Waals surface area (Å²) in [6.07, 6.45) is 10.1. The van der Waals surface area contributed by atoms with Gasteiger partial charge in [0, 0.05) is 6.04 Å². The minimum atomic E-state index is 0.802. The third-order valence-electron chi connectivity index (χ3n) is 5.17. The molecular formula is C16H31N. The summed E-state index contributed by atoms with van der Waals surface area (Å²) < 4.78 is 0. The lowest BCUT2D eigenvalue weighted by atomic mass is 9.79. The second kappa shape index (κ2) is 6.22. The van der Waals surface area contributed by atoms with Crippen LogP contribution in [0.2, 0.25) is 0 Å². The van der Waals surface area contributed by atoms with E-state index < -0.39 is 0 Å². The van der Waals surface area contributed by atoms with Crippen LogP contribution in [0.4, 0.5) is 0 Å². The van der Waals surface area contributed by atoms with E-state index in [2.05, 4.69) is 26.1 Å². The first-order chi connectivity index (χ1) is 8.15. The van der Waals surface area contributed by atoms with E-state index in [1.807, 2.05) is 0 Å². The Bertz CT molecular complexity index is 226. The van der Waals surface area contributed by atoms with Crippen LogP contribution in [0.1, 0.15) is 65.7 Å². The zero-order chi connectivity index (χ0) is 12.3. The topological polar surface area (TPSA) is 12.0 Å². The van der Waals surface area contributed by atoms with Crippen molar-refractivity contribution in [2.45, 2.75) is 71.8 Å². The van der Waals surface area contributed by atoms with E-state index in [9.17, 15) is 0 Å². The van der Waals surface area contributed by atoms with E-state index in [0.29, 0.717) is 0 Å². The van der Waals surface area contributed by atoms with Gasteiger partial charge >= 0.3 is 0 Å². The first-order valence-electron chi connectivity index (χ1n) is 7.88. The van der Waals surface area contributed by atoms with Gasteiger partial charge in [-0.15, -0.1) is 0 Å². The van der Waals surface area contributed by atoms with Crippen molar-refractivity contribution < 1.29 is 0 Å². The van der Waals surface area contributed by atoms with E-state index in [1.54, 1.807) is 0 Å². The fourth-order valence-electron chi connectivity index (χ4n) is 3.88. The van der Waals surface area contributed by atoms with Gasteiger partial charge in [0.25, 0.3) is 0 Å². The zero-order valence-corrected chi connectivity index (χ0v) is 12.0. The Kier molecular flexibility index (Phi) is 4.90. The highest BCUT2D eigenvalue weighted by atomic mass is 14.9. The van der Waals surface area contributed by atoms with Crippen molar-refractivity contribution in [1.82, 2.24) is 5.32 Å². The van der Waals surface area contributed by atoms with Crippen molar-refractivity contribution in [1.29, 1.82) is 0 Å². The zero-order valence-electron chi connectivity index (χ0n) is 12.0. The molecule has 0 heterocycles. The molecule has 2 aliphatic rings. The summed E-state index contributed by atoms with van der Waals surface area (Å²) in [4.78, 5) is 0. The summed E-state index contributed by atoms with van der Waals surface area (Å²) in [6, 6.07) is 0.802. The lowest BCUT2D eigenvalue weighted by molar-refractivity contribution is 0.203. The Morgan fingerprint density at radius 3 is 2.41 bits per heavy atom. The van der Waals surface area contributed by atoms with E-state index in [0.717, 1.165) is 29.7 Å². The van der Waals surface area contributed by atoms with Crippen LogP contribution < -0.4 is 5.32 Å². The van der Waals surface area contributed by atoms with E-state index in [4.69, 9.17) is 0 Å². The summed E-state index contributed by atoms with van der Waals surface area (Å²) in [7, 11) is 0. The minimum absolute atomic E-state index is 0.802. The normalized spacial score (nSPS) is 43.6. The molecule has 100 valence electrons. The maximum atomic E-state index is 3.89. The third kappa shape index (κ3) is 3.98. The fourth-order valence-corrected chi connectivity index (χ4v) is 3.88. The van der Waals surface area contributed by atoms with Crippen LogP contribution in [0, 0.1) is 23.7 Å². The van der Waals surface area contributed by atoms with Crippen LogP contribution in [0.3, 0.4) is 0 Å². The highest BCUT2D eigenvalue weighted by Crippen LogP contribution is 2.31. The quantitative estimate of drug-likeness (QED) is 0.774. The van der Waals surface area contributed by atoms with Gasteiger partial charge in [-0.3, -0.25) is 0 Å². The lowest BCUT2D eigenvalue weighted by Gasteiger charge is -2.35. The summed E-state index contributed by atoms with van der Waals surface area (Å²) in [5, 5.41) is 3.89. The fraction of sp³-hybridized carbons (Fsp3) is 1.00. The Labute approximate surface area is 108 Å². The highest BCUT2D eigenvalue weighted by molar-refractivity contribution is 4.83. The lowest BCUT2D eigenvalue weighted by Crippen LogP contribution is -2.42. The van der Waals surface area contributed by atoms with E-state index in [1.165, 1.54) is 51.5 Å². The van der Waals surface area contributed by atoms with Gasteiger partial charge < -0.3 is 5.32 Å². The molecule has 17 heavy (non-hydrogen) atoms. The van der Waals surface area contributed by atoms with Crippen LogP contribution >= 0.6 is 0 Å². The molecule has 5 unspecified atom stereocenters. The van der Waals surface area contributed by atoms with Gasteiger partial charge in [-0.1, -0.05) is 40.0 Å². The van der Waals surface area contributed by atoms with Gasteiger partial charge in [0.2, 0.25) is 0 Å². The maximum absolute atomic E-state index is 3.89. The molecule has 0 aromatic rings. The van der Waals surface area contributed by atoms with Crippen LogP contribution in [0.15, 0.2) is 0 Å². The van der Waals surface area contributed by atoms with Crippen LogP contribution in [-0.2, 0) is 0 Å². The Morgan fingerprint density at radius 1 is 0.882 bits per heavy atom. The molecule has 1 N–H and O–H groups in total. The van der Waals surface area contributed by atoms with Crippen LogP contribution in [-0.4, -0.2) is 12.6 Å². The van der Waals surface area contributed by atoms with Gasteiger partial charge in [-0.2, -0.15) is 0 Å². The standard InChI is InChI=1S/C16H31N/c1-12-5-4-6-15(9-12)11-17-16-10-13(2)7-8-14(16)3/h12-17H,4-11H2,1-3H3. The van der Waals surface area contributed by atoms with Crippen molar-refractivity contribution in [3.05, 3.63) is 0 Å². The molecule has 5 atom stereocenters. The molecule has 0 aromatic heterocycles. The van der Waals surface area contributed by atoms with Gasteiger partial charge in [0.1, 0.15) is 0 Å². The predicted octanol–water partition coefficient (Wildman–Crippen LogP) is 4.23. The molecule has 0 aromatic carbocycles. The van der Waals surface area contributed by atoms with Crippen molar-refractivity contribution in [2.24, 2.45) is 23.7 Å². The van der Waals surface area contributed by atoms with Crippen LogP contribution in [0.5, 0.6) is 0 Å². The Balaban J connectivity index is 1.72. The number of rotatable bonds is 3. The monoisotopic (exact) mass is 237 g/mol. The van der Waals surface area contributed by atoms with Crippen molar-refractivity contribution in [3.63, 3.8) is 0 Å². The minimum Gasteiger partial charge on any atom is -0.313 e. The summed E-state index contributed by atoms with van der Waals surface area (Å²) >= 11 is 0. The molecule has 1 nitrogen and oxygen atoms in total. The van der Waals surface area contributed by atoms with E-state index >= 15 is 0 Å². The SMILES string of the molecule is CC1CCCC(CNC2CC(C)CCC2C)C1. The average molecular weight is 237 g/mol. The molecule has 2 aliphatic carbocycles. The number of hydrogen-bond acceptors (Lipinski definition) is 1. The van der Waals surface area contributed by atoms with Gasteiger partial charge in [-0.25, -0.2) is 0 Å². The molecule has 0 bridgehead atoms. The first-order valence-corrected chi connectivity index (χ1v) is 7.88. The number of nitrogens with one attached hydrogen (secondary N) is 1. The molecule has 2 fully saturated rings. The number of hydrogen-bond donors (Lipinski definition) is 1.